The van der Waals surface area contributed by atoms with Crippen molar-refractivity contribution >= 4 is 5.91 Å². The van der Waals surface area contributed by atoms with E-state index in [2.05, 4.69) is 55.6 Å². The SMILES string of the molecule is CC/C=C\C/C=C\C/C=C\CCCCCCCCCC(=O)NC(COC1OC(CO)C(OC2OC(CO)C(OC3OC(CO)C(O)C(O)C3O)C(O)C2O)C(O)C1O)C(O)CCCCCCCCCCCCCCCCCCCCCCCCCCCCCC. The van der Waals surface area contributed by atoms with E-state index in [9.17, 15) is 61.0 Å². The van der Waals surface area contributed by atoms with Gasteiger partial charge in [0.1, 0.15) is 73.2 Å². The zero-order chi connectivity index (χ0) is 65.4. The molecule has 3 saturated heterocycles. The minimum absolute atomic E-state index is 0.251. The first-order chi connectivity index (χ1) is 43.8. The van der Waals surface area contributed by atoms with Crippen LogP contribution in [-0.2, 0) is 33.2 Å². The van der Waals surface area contributed by atoms with Crippen molar-refractivity contribution in [3.05, 3.63) is 36.5 Å². The molecule has 3 heterocycles. The molecule has 1 amide bonds. The van der Waals surface area contributed by atoms with Crippen LogP contribution in [0.1, 0.15) is 277 Å². The van der Waals surface area contributed by atoms with Gasteiger partial charge in [0.2, 0.25) is 5.91 Å². The van der Waals surface area contributed by atoms with Crippen LogP contribution < -0.4 is 5.32 Å². The van der Waals surface area contributed by atoms with Crippen molar-refractivity contribution in [3.63, 3.8) is 0 Å². The Morgan fingerprint density at radius 3 is 1.20 bits per heavy atom. The fourth-order valence-corrected chi connectivity index (χ4v) is 12.4. The van der Waals surface area contributed by atoms with Gasteiger partial charge >= 0.3 is 0 Å². The average molecular weight is 1290 g/mol. The molecule has 0 aromatic carbocycles. The van der Waals surface area contributed by atoms with Crippen molar-refractivity contribution in [1.29, 1.82) is 0 Å². The predicted octanol–water partition coefficient (Wildman–Crippen LogP) is 10.00. The van der Waals surface area contributed by atoms with Crippen LogP contribution in [0.2, 0.25) is 0 Å². The third kappa shape index (κ3) is 34.6. The minimum atomic E-state index is -1.97. The number of amides is 1. The maximum atomic E-state index is 13.4. The fourth-order valence-electron chi connectivity index (χ4n) is 12.4. The molecule has 3 rings (SSSR count). The number of hydrogen-bond acceptors (Lipinski definition) is 18. The highest BCUT2D eigenvalue weighted by Gasteiger charge is 2.53. The van der Waals surface area contributed by atoms with Gasteiger partial charge in [-0.2, -0.15) is 0 Å². The number of rotatable bonds is 56. The second-order valence-corrected chi connectivity index (χ2v) is 26.0. The van der Waals surface area contributed by atoms with E-state index in [1.807, 2.05) is 0 Å². The molecular formula is C71H131NO18. The first-order valence-corrected chi connectivity index (χ1v) is 36.2. The number of ether oxygens (including phenoxy) is 6. The van der Waals surface area contributed by atoms with Gasteiger partial charge in [-0.3, -0.25) is 4.79 Å². The van der Waals surface area contributed by atoms with Crippen LogP contribution in [0.25, 0.3) is 0 Å². The highest BCUT2D eigenvalue weighted by Crippen LogP contribution is 2.33. The van der Waals surface area contributed by atoms with Gasteiger partial charge in [0.15, 0.2) is 18.9 Å². The number of carbonyl (C=O) groups excluding carboxylic acids is 1. The molecular weight excluding hydrogens is 1150 g/mol. The zero-order valence-electron chi connectivity index (χ0n) is 55.9. The molecule has 0 aliphatic carbocycles. The molecule has 0 spiro atoms. The number of aliphatic hydroxyl groups excluding tert-OH is 11. The van der Waals surface area contributed by atoms with Crippen LogP contribution in [-0.4, -0.2) is 193 Å². The van der Waals surface area contributed by atoms with Crippen LogP contribution in [0.3, 0.4) is 0 Å². The maximum absolute atomic E-state index is 13.4. The van der Waals surface area contributed by atoms with E-state index >= 15 is 0 Å². The summed E-state index contributed by atoms with van der Waals surface area (Å²) in [5.41, 5.74) is 0. The molecule has 19 heteroatoms. The summed E-state index contributed by atoms with van der Waals surface area (Å²) >= 11 is 0. The van der Waals surface area contributed by atoms with Crippen LogP contribution in [0.15, 0.2) is 36.5 Å². The number of nitrogens with one attached hydrogen (secondary N) is 1. The van der Waals surface area contributed by atoms with E-state index in [0.29, 0.717) is 12.8 Å². The van der Waals surface area contributed by atoms with Crippen LogP contribution in [0.5, 0.6) is 0 Å². The van der Waals surface area contributed by atoms with Crippen molar-refractivity contribution in [3.8, 4) is 0 Å². The molecule has 0 aromatic heterocycles. The highest BCUT2D eigenvalue weighted by atomic mass is 16.8. The lowest BCUT2D eigenvalue weighted by Gasteiger charge is -2.48. The Bertz CT molecular complexity index is 1780. The van der Waals surface area contributed by atoms with E-state index in [1.54, 1.807) is 0 Å². The number of carbonyl (C=O) groups is 1. The summed E-state index contributed by atoms with van der Waals surface area (Å²) in [5, 5.41) is 121. The van der Waals surface area contributed by atoms with E-state index in [1.165, 1.54) is 154 Å². The molecule has 3 aliphatic heterocycles. The topological polar surface area (TPSA) is 307 Å². The van der Waals surface area contributed by atoms with E-state index in [-0.39, 0.29) is 18.9 Å². The molecule has 0 aromatic rings. The summed E-state index contributed by atoms with van der Waals surface area (Å²) in [6, 6.07) is -0.894. The van der Waals surface area contributed by atoms with E-state index in [4.69, 9.17) is 28.4 Å². The van der Waals surface area contributed by atoms with Crippen LogP contribution >= 0.6 is 0 Å². The lowest BCUT2D eigenvalue weighted by Crippen LogP contribution is -2.66. The standard InChI is InChI=1S/C71H131NO18/c1-3-5-7-9-11-13-15-17-19-21-22-23-24-25-26-27-28-29-30-31-33-34-36-38-40-42-44-46-48-55(76)54(72-59(77)49-47-45-43-41-39-37-35-32-20-18-16-14-12-10-8-6-4-2)53-85-69-65(83)62(80)67(57(51-74)87-69)90-71-66(84)63(81)68(58(52-75)88-71)89-70-64(82)61(79)60(78)56(50-73)86-70/h6,8,12,14,18,20,54-58,60-71,73-76,78-84H,3-5,7,9-11,13,15-17,19,21-53H2,1-2H3,(H,72,77)/b8-6-,14-12-,20-18-. The first kappa shape index (κ1) is 82.2. The summed E-state index contributed by atoms with van der Waals surface area (Å²) in [6.07, 6.45) is 35.2. The van der Waals surface area contributed by atoms with Crippen molar-refractivity contribution < 1.29 is 89.4 Å². The van der Waals surface area contributed by atoms with Gasteiger partial charge in [-0.05, 0) is 44.9 Å². The highest BCUT2D eigenvalue weighted by molar-refractivity contribution is 5.76. The molecule has 0 radical (unpaired) electrons. The van der Waals surface area contributed by atoms with Gasteiger partial charge in [-0.15, -0.1) is 0 Å². The van der Waals surface area contributed by atoms with Gasteiger partial charge in [0.05, 0.1) is 38.6 Å². The van der Waals surface area contributed by atoms with Crippen LogP contribution in [0, 0.1) is 0 Å². The number of allylic oxidation sites excluding steroid dienone is 6. The van der Waals surface area contributed by atoms with Crippen molar-refractivity contribution in [2.24, 2.45) is 0 Å². The molecule has 3 aliphatic rings. The number of aliphatic hydroxyl groups is 11. The Balaban J connectivity index is 1.40. The Kier molecular flexibility index (Phi) is 48.6. The van der Waals surface area contributed by atoms with Gasteiger partial charge in [0.25, 0.3) is 0 Å². The van der Waals surface area contributed by atoms with Gasteiger partial charge in [-0.25, -0.2) is 0 Å². The summed E-state index contributed by atoms with van der Waals surface area (Å²) in [6.45, 7) is 1.71. The summed E-state index contributed by atoms with van der Waals surface area (Å²) in [7, 11) is 0. The molecule has 17 atom stereocenters. The lowest BCUT2D eigenvalue weighted by molar-refractivity contribution is -0.379. The zero-order valence-corrected chi connectivity index (χ0v) is 55.9. The Morgan fingerprint density at radius 2 is 0.767 bits per heavy atom. The molecule has 19 nitrogen and oxygen atoms in total. The monoisotopic (exact) mass is 1290 g/mol. The van der Waals surface area contributed by atoms with Gasteiger partial charge in [-0.1, -0.05) is 262 Å². The van der Waals surface area contributed by atoms with Gasteiger partial charge in [0, 0.05) is 6.42 Å². The predicted molar refractivity (Wildman–Crippen MR) is 351 cm³/mol. The largest absolute Gasteiger partial charge is 0.394 e. The fraction of sp³-hybridized carbons (Fsp3) is 0.901. The van der Waals surface area contributed by atoms with E-state index < -0.39 is 124 Å². The molecule has 17 unspecified atom stereocenters. The van der Waals surface area contributed by atoms with Crippen molar-refractivity contribution in [2.45, 2.75) is 381 Å². The molecule has 12 N–H and O–H groups in total. The Labute approximate surface area is 542 Å². The van der Waals surface area contributed by atoms with Crippen LogP contribution in [0.4, 0.5) is 0 Å². The summed E-state index contributed by atoms with van der Waals surface area (Å²) < 4.78 is 34.4. The second kappa shape index (κ2) is 53.2. The Hall–Kier alpha value is -1.99. The molecule has 528 valence electrons. The average Bonchev–Trinajstić information content (AvgIpc) is 0.847. The van der Waals surface area contributed by atoms with Crippen molar-refractivity contribution in [2.75, 3.05) is 26.4 Å². The van der Waals surface area contributed by atoms with Crippen molar-refractivity contribution in [1.82, 2.24) is 5.32 Å². The molecule has 90 heavy (non-hydrogen) atoms. The Morgan fingerprint density at radius 1 is 0.411 bits per heavy atom. The van der Waals surface area contributed by atoms with E-state index in [0.717, 1.165) is 89.9 Å². The minimum Gasteiger partial charge on any atom is -0.394 e. The smallest absolute Gasteiger partial charge is 0.220 e. The van der Waals surface area contributed by atoms with Gasteiger partial charge < -0.3 is 89.9 Å². The lowest BCUT2D eigenvalue weighted by atomic mass is 9.96. The molecule has 0 bridgehead atoms. The quantitative estimate of drug-likeness (QED) is 0.0199. The number of hydrogen-bond donors (Lipinski definition) is 12. The second-order valence-electron chi connectivity index (χ2n) is 26.0. The normalized spacial score (nSPS) is 28.2. The third-order valence-electron chi connectivity index (χ3n) is 18.2. The third-order valence-corrected chi connectivity index (χ3v) is 18.2. The molecule has 0 saturated carbocycles. The summed E-state index contributed by atoms with van der Waals surface area (Å²) in [4.78, 5) is 13.4. The first-order valence-electron chi connectivity index (χ1n) is 36.2. The summed E-state index contributed by atoms with van der Waals surface area (Å²) in [5.74, 6) is -0.251. The molecule has 3 fully saturated rings. The number of unbranched alkanes of at least 4 members (excludes halogenated alkanes) is 34. The maximum Gasteiger partial charge on any atom is 0.220 e.